The Morgan fingerprint density at radius 2 is 1.62 bits per heavy atom. The van der Waals surface area contributed by atoms with Gasteiger partial charge in [0.2, 0.25) is 15.9 Å². The van der Waals surface area contributed by atoms with E-state index in [1.165, 1.54) is 27.2 Å². The third-order valence-electron chi connectivity index (χ3n) is 4.29. The van der Waals surface area contributed by atoms with Crippen molar-refractivity contribution in [3.63, 3.8) is 0 Å². The molecular weight excluding hydrogens is 416 g/mol. The molecule has 1 unspecified atom stereocenters. The first-order chi connectivity index (χ1) is 13.6. The molecule has 2 aromatic carbocycles. The summed E-state index contributed by atoms with van der Waals surface area (Å²) in [4.78, 5) is 12.5. The van der Waals surface area contributed by atoms with Crippen LogP contribution in [0.4, 0.5) is 5.69 Å². The number of sulfonamides is 1. The smallest absolute Gasteiger partial charge is 0.244 e. The lowest BCUT2D eigenvalue weighted by Gasteiger charge is -2.18. The van der Waals surface area contributed by atoms with E-state index in [1.807, 2.05) is 19.9 Å². The summed E-state index contributed by atoms with van der Waals surface area (Å²) in [6.45, 7) is 5.36. The lowest BCUT2D eigenvalue weighted by atomic mass is 10.0. The number of ether oxygens (including phenoxy) is 2. The van der Waals surface area contributed by atoms with Crippen LogP contribution in [0.5, 0.6) is 11.5 Å². The van der Waals surface area contributed by atoms with Gasteiger partial charge in [0, 0.05) is 5.02 Å². The maximum Gasteiger partial charge on any atom is 0.244 e. The first-order valence-corrected chi connectivity index (χ1v) is 10.8. The van der Waals surface area contributed by atoms with Gasteiger partial charge < -0.3 is 14.8 Å². The van der Waals surface area contributed by atoms with E-state index >= 15 is 0 Å². The van der Waals surface area contributed by atoms with E-state index in [0.29, 0.717) is 16.5 Å². The molecule has 0 spiro atoms. The normalized spacial score (nSPS) is 12.5. The number of halogens is 1. The van der Waals surface area contributed by atoms with E-state index in [-0.39, 0.29) is 16.6 Å². The van der Waals surface area contributed by atoms with Gasteiger partial charge in [-0.15, -0.1) is 0 Å². The van der Waals surface area contributed by atoms with E-state index in [2.05, 4.69) is 10.0 Å². The van der Waals surface area contributed by atoms with Crippen molar-refractivity contribution in [1.82, 2.24) is 4.72 Å². The number of carbonyl (C=O) groups excluding carboxylic acids is 1. The molecule has 0 aromatic heterocycles. The molecule has 158 valence electrons. The molecule has 0 heterocycles. The lowest BCUT2D eigenvalue weighted by Crippen LogP contribution is -2.41. The molecule has 1 amide bonds. The number of benzene rings is 2. The van der Waals surface area contributed by atoms with Gasteiger partial charge in [0.05, 0.1) is 25.9 Å². The summed E-state index contributed by atoms with van der Waals surface area (Å²) in [6.07, 6.45) is 0. The number of anilines is 1. The SMILES string of the molecule is COc1ccc(Cl)cc1NC(=O)C(C)NS(=O)(=O)c1cc(C(C)C)ccc1OC. The maximum atomic E-state index is 12.9. The molecule has 2 N–H and O–H groups in total. The van der Waals surface area contributed by atoms with Gasteiger partial charge in [-0.2, -0.15) is 4.72 Å². The minimum absolute atomic E-state index is 0.0220. The van der Waals surface area contributed by atoms with Crippen LogP contribution < -0.4 is 19.5 Å². The largest absolute Gasteiger partial charge is 0.495 e. The van der Waals surface area contributed by atoms with Gasteiger partial charge in [-0.3, -0.25) is 4.79 Å². The van der Waals surface area contributed by atoms with Crippen molar-refractivity contribution in [1.29, 1.82) is 0 Å². The fraction of sp³-hybridized carbons (Fsp3) is 0.350. The predicted octanol–water partition coefficient (Wildman–Crippen LogP) is 3.79. The number of methoxy groups -OCH3 is 2. The molecule has 0 radical (unpaired) electrons. The quantitative estimate of drug-likeness (QED) is 0.651. The monoisotopic (exact) mass is 440 g/mol. The van der Waals surface area contributed by atoms with Crippen LogP contribution in [-0.2, 0) is 14.8 Å². The third kappa shape index (κ3) is 5.62. The number of carbonyl (C=O) groups is 1. The summed E-state index contributed by atoms with van der Waals surface area (Å²) < 4.78 is 38.6. The Labute approximate surface area is 176 Å². The summed E-state index contributed by atoms with van der Waals surface area (Å²) in [7, 11) is -1.16. The molecule has 7 nitrogen and oxygen atoms in total. The molecule has 0 aliphatic heterocycles. The summed E-state index contributed by atoms with van der Waals surface area (Å²) in [6, 6.07) is 8.66. The second kappa shape index (κ2) is 9.47. The lowest BCUT2D eigenvalue weighted by molar-refractivity contribution is -0.117. The molecule has 0 bridgehead atoms. The highest BCUT2D eigenvalue weighted by Gasteiger charge is 2.26. The minimum Gasteiger partial charge on any atom is -0.495 e. The van der Waals surface area contributed by atoms with Crippen molar-refractivity contribution in [2.75, 3.05) is 19.5 Å². The van der Waals surface area contributed by atoms with Crippen molar-refractivity contribution >= 4 is 33.2 Å². The van der Waals surface area contributed by atoms with Crippen molar-refractivity contribution in [2.45, 2.75) is 37.6 Å². The average Bonchev–Trinajstić information content (AvgIpc) is 2.67. The average molecular weight is 441 g/mol. The topological polar surface area (TPSA) is 93.7 Å². The summed E-state index contributed by atoms with van der Waals surface area (Å²) in [5, 5.41) is 3.03. The number of rotatable bonds is 8. The van der Waals surface area contributed by atoms with Gasteiger partial charge in [0.25, 0.3) is 0 Å². The first kappa shape index (κ1) is 23.0. The molecule has 9 heteroatoms. The number of nitrogens with one attached hydrogen (secondary N) is 2. The highest BCUT2D eigenvalue weighted by Crippen LogP contribution is 2.29. The maximum absolute atomic E-state index is 12.9. The van der Waals surface area contributed by atoms with Crippen LogP contribution in [0.3, 0.4) is 0 Å². The Bertz CT molecular complexity index is 992. The molecule has 1 atom stereocenters. The van der Waals surface area contributed by atoms with E-state index < -0.39 is 22.0 Å². The van der Waals surface area contributed by atoms with Gasteiger partial charge >= 0.3 is 0 Å². The Hall–Kier alpha value is -2.29. The van der Waals surface area contributed by atoms with E-state index in [0.717, 1.165) is 5.56 Å². The number of hydrogen-bond acceptors (Lipinski definition) is 5. The van der Waals surface area contributed by atoms with E-state index in [4.69, 9.17) is 21.1 Å². The molecule has 0 aliphatic carbocycles. The molecule has 29 heavy (non-hydrogen) atoms. The molecule has 0 aliphatic rings. The predicted molar refractivity (Wildman–Crippen MR) is 114 cm³/mol. The van der Waals surface area contributed by atoms with Gasteiger partial charge in [0.1, 0.15) is 16.4 Å². The Balaban J connectivity index is 2.25. The van der Waals surface area contributed by atoms with Crippen molar-refractivity contribution in [3.05, 3.63) is 47.0 Å². The van der Waals surface area contributed by atoms with Crippen LogP contribution in [0.1, 0.15) is 32.3 Å². The Kier molecular flexibility index (Phi) is 7.51. The minimum atomic E-state index is -4.01. The molecule has 0 saturated carbocycles. The summed E-state index contributed by atoms with van der Waals surface area (Å²) in [5.41, 5.74) is 1.18. The van der Waals surface area contributed by atoms with Gasteiger partial charge in [-0.25, -0.2) is 8.42 Å². The molecule has 2 rings (SSSR count). The molecular formula is C20H25ClN2O5S. The summed E-state index contributed by atoms with van der Waals surface area (Å²) >= 11 is 5.96. The molecule has 0 saturated heterocycles. The second-order valence-electron chi connectivity index (χ2n) is 6.74. The zero-order chi connectivity index (χ0) is 21.8. The summed E-state index contributed by atoms with van der Waals surface area (Å²) in [5.74, 6) is 0.175. The second-order valence-corrected chi connectivity index (χ2v) is 8.86. The van der Waals surface area contributed by atoms with Crippen molar-refractivity contribution in [3.8, 4) is 11.5 Å². The van der Waals surface area contributed by atoms with Crippen LogP contribution >= 0.6 is 11.6 Å². The third-order valence-corrected chi connectivity index (χ3v) is 6.09. The highest BCUT2D eigenvalue weighted by atomic mass is 35.5. The zero-order valence-electron chi connectivity index (χ0n) is 16.9. The van der Waals surface area contributed by atoms with Crippen molar-refractivity contribution < 1.29 is 22.7 Å². The molecule has 2 aromatic rings. The van der Waals surface area contributed by atoms with Crippen LogP contribution in [0, 0.1) is 0 Å². The van der Waals surface area contributed by atoms with Crippen LogP contribution in [-0.4, -0.2) is 34.6 Å². The fourth-order valence-corrected chi connectivity index (χ4v) is 4.21. The Morgan fingerprint density at radius 1 is 1.00 bits per heavy atom. The van der Waals surface area contributed by atoms with Crippen LogP contribution in [0.25, 0.3) is 0 Å². The fourth-order valence-electron chi connectivity index (χ4n) is 2.63. The highest BCUT2D eigenvalue weighted by molar-refractivity contribution is 7.89. The van der Waals surface area contributed by atoms with Gasteiger partial charge in [-0.1, -0.05) is 31.5 Å². The van der Waals surface area contributed by atoms with E-state index in [9.17, 15) is 13.2 Å². The van der Waals surface area contributed by atoms with Gasteiger partial charge in [0.15, 0.2) is 0 Å². The zero-order valence-corrected chi connectivity index (χ0v) is 18.5. The first-order valence-electron chi connectivity index (χ1n) is 8.93. The van der Waals surface area contributed by atoms with E-state index in [1.54, 1.807) is 24.3 Å². The number of hydrogen-bond donors (Lipinski definition) is 2. The molecule has 0 fully saturated rings. The Morgan fingerprint density at radius 3 is 2.21 bits per heavy atom. The van der Waals surface area contributed by atoms with Gasteiger partial charge in [-0.05, 0) is 48.7 Å². The number of amides is 1. The van der Waals surface area contributed by atoms with Crippen LogP contribution in [0.2, 0.25) is 5.02 Å². The standard InChI is InChI=1S/C20H25ClN2O5S/c1-12(2)14-6-8-18(28-5)19(10-14)29(25,26)23-13(3)20(24)22-16-11-15(21)7-9-17(16)27-4/h6-13,23H,1-5H3,(H,22,24). The van der Waals surface area contributed by atoms with Crippen LogP contribution in [0.15, 0.2) is 41.3 Å². The van der Waals surface area contributed by atoms with Crippen molar-refractivity contribution in [2.24, 2.45) is 0 Å².